The van der Waals surface area contributed by atoms with E-state index >= 15 is 0 Å². The highest BCUT2D eigenvalue weighted by atomic mass is 32.2. The molecule has 0 aliphatic carbocycles. The first-order valence-electron chi connectivity index (χ1n) is 9.46. The van der Waals surface area contributed by atoms with Gasteiger partial charge in [0.1, 0.15) is 22.4 Å². The Morgan fingerprint density at radius 1 is 1.10 bits per heavy atom. The predicted molar refractivity (Wildman–Crippen MR) is 111 cm³/mol. The van der Waals surface area contributed by atoms with Gasteiger partial charge in [-0.1, -0.05) is 12.1 Å². The molecule has 31 heavy (non-hydrogen) atoms. The largest absolute Gasteiger partial charge is 0.338 e. The zero-order valence-corrected chi connectivity index (χ0v) is 18.2. The third-order valence-electron chi connectivity index (χ3n) is 5.23. The van der Waals surface area contributed by atoms with Crippen molar-refractivity contribution in [3.05, 3.63) is 53.6 Å². The number of halogens is 2. The third kappa shape index (κ3) is 4.20. The summed E-state index contributed by atoms with van der Waals surface area (Å²) in [6.45, 7) is 2.58. The number of amidine groups is 1. The van der Waals surface area contributed by atoms with Crippen molar-refractivity contribution >= 4 is 31.6 Å². The SMILES string of the molecule is Cc1ccc(F)cc1S(=O)(=O)N1CCN(CC2=NS(=O)(=O)c3cccc(F)c3N2)CC1. The van der Waals surface area contributed by atoms with E-state index in [1.165, 1.54) is 28.6 Å². The zero-order chi connectivity index (χ0) is 22.4. The normalized spacial score (nSPS) is 19.4. The number of hydrogen-bond donors (Lipinski definition) is 1. The van der Waals surface area contributed by atoms with Gasteiger partial charge in [0.25, 0.3) is 10.0 Å². The maximum atomic E-state index is 14.1. The van der Waals surface area contributed by atoms with E-state index in [9.17, 15) is 25.6 Å². The van der Waals surface area contributed by atoms with E-state index in [4.69, 9.17) is 0 Å². The van der Waals surface area contributed by atoms with Gasteiger partial charge >= 0.3 is 0 Å². The van der Waals surface area contributed by atoms with Gasteiger partial charge in [-0.05, 0) is 36.8 Å². The smallest absolute Gasteiger partial charge is 0.286 e. The van der Waals surface area contributed by atoms with Crippen molar-refractivity contribution in [2.45, 2.75) is 16.7 Å². The number of piperazine rings is 1. The molecule has 1 fully saturated rings. The second-order valence-electron chi connectivity index (χ2n) is 7.34. The first-order valence-corrected chi connectivity index (χ1v) is 12.3. The molecule has 2 aliphatic rings. The molecule has 2 aromatic carbocycles. The van der Waals surface area contributed by atoms with Crippen molar-refractivity contribution in [1.82, 2.24) is 9.21 Å². The Labute approximate surface area is 179 Å². The number of hydrogen-bond acceptors (Lipinski definition) is 6. The lowest BCUT2D eigenvalue weighted by Gasteiger charge is -2.34. The molecule has 0 unspecified atom stereocenters. The number of aryl methyl sites for hydroxylation is 1. The number of rotatable bonds is 4. The second kappa shape index (κ2) is 7.93. The topological polar surface area (TPSA) is 99.2 Å². The minimum absolute atomic E-state index is 0.0647. The van der Waals surface area contributed by atoms with Crippen LogP contribution in [-0.4, -0.2) is 64.6 Å². The molecule has 0 atom stereocenters. The lowest BCUT2D eigenvalue weighted by molar-refractivity contribution is 0.209. The quantitative estimate of drug-likeness (QED) is 0.732. The van der Waals surface area contributed by atoms with Gasteiger partial charge in [0.2, 0.25) is 10.0 Å². The molecule has 2 heterocycles. The van der Waals surface area contributed by atoms with Crippen molar-refractivity contribution in [2.75, 3.05) is 38.0 Å². The van der Waals surface area contributed by atoms with Crippen molar-refractivity contribution in [3.8, 4) is 0 Å². The predicted octanol–water partition coefficient (Wildman–Crippen LogP) is 1.79. The lowest BCUT2D eigenvalue weighted by Crippen LogP contribution is -2.50. The molecular weight excluding hydrogens is 450 g/mol. The van der Waals surface area contributed by atoms with Gasteiger partial charge in [-0.25, -0.2) is 17.2 Å². The molecule has 0 spiro atoms. The second-order valence-corrected chi connectivity index (χ2v) is 10.8. The highest BCUT2D eigenvalue weighted by Crippen LogP contribution is 2.29. The summed E-state index contributed by atoms with van der Waals surface area (Å²) in [7, 11) is -7.89. The van der Waals surface area contributed by atoms with E-state index in [-0.39, 0.29) is 40.9 Å². The summed E-state index contributed by atoms with van der Waals surface area (Å²) in [5.74, 6) is -1.26. The summed E-state index contributed by atoms with van der Waals surface area (Å²) in [6.07, 6.45) is 0. The minimum Gasteiger partial charge on any atom is -0.338 e. The Bertz CT molecular complexity index is 1270. The monoisotopic (exact) mass is 470 g/mol. The van der Waals surface area contributed by atoms with E-state index in [1.54, 1.807) is 6.92 Å². The molecule has 1 N–H and O–H groups in total. The van der Waals surface area contributed by atoms with Crippen LogP contribution in [-0.2, 0) is 20.0 Å². The van der Waals surface area contributed by atoms with Gasteiger partial charge < -0.3 is 5.32 Å². The first-order chi connectivity index (χ1) is 14.6. The fraction of sp³-hybridized carbons (Fsp3) is 0.316. The highest BCUT2D eigenvalue weighted by molar-refractivity contribution is 7.90. The van der Waals surface area contributed by atoms with Crippen LogP contribution in [0.3, 0.4) is 0 Å². The van der Waals surface area contributed by atoms with Gasteiger partial charge in [-0.2, -0.15) is 12.7 Å². The Morgan fingerprint density at radius 2 is 1.81 bits per heavy atom. The number of para-hydroxylation sites is 1. The van der Waals surface area contributed by atoms with Crippen LogP contribution in [0.1, 0.15) is 5.56 Å². The van der Waals surface area contributed by atoms with Gasteiger partial charge in [0, 0.05) is 26.2 Å². The van der Waals surface area contributed by atoms with Gasteiger partial charge in [-0.15, -0.1) is 4.40 Å². The molecule has 4 rings (SSSR count). The molecule has 0 bridgehead atoms. The maximum absolute atomic E-state index is 14.1. The molecule has 2 aromatic rings. The first kappa shape index (κ1) is 21.8. The summed E-state index contributed by atoms with van der Waals surface area (Å²) in [5.41, 5.74) is 0.311. The molecule has 8 nitrogen and oxygen atoms in total. The van der Waals surface area contributed by atoms with E-state index < -0.39 is 31.7 Å². The molecule has 2 aliphatic heterocycles. The Hall–Kier alpha value is -2.41. The van der Waals surface area contributed by atoms with Crippen molar-refractivity contribution in [2.24, 2.45) is 4.40 Å². The number of nitrogens with zero attached hydrogens (tertiary/aromatic N) is 3. The third-order valence-corrected chi connectivity index (χ3v) is 8.62. The highest BCUT2D eigenvalue weighted by Gasteiger charge is 2.32. The number of sulfonamides is 2. The van der Waals surface area contributed by atoms with E-state index in [0.29, 0.717) is 18.7 Å². The standard InChI is InChI=1S/C19H20F2N4O4S2/c1-13-5-6-14(20)11-17(13)31(28,29)25-9-7-24(8-10-25)12-18-22-19-15(21)3-2-4-16(19)30(26,27)23-18/h2-6,11H,7-10,12H2,1H3,(H,22,23). The minimum atomic E-state index is -4.03. The van der Waals surface area contributed by atoms with Gasteiger partial charge in [-0.3, -0.25) is 4.90 Å². The summed E-state index contributed by atoms with van der Waals surface area (Å²) < 4.78 is 83.1. The molecule has 0 aromatic heterocycles. The average Bonchev–Trinajstić information content (AvgIpc) is 2.70. The maximum Gasteiger partial charge on any atom is 0.286 e. The van der Waals surface area contributed by atoms with E-state index in [2.05, 4.69) is 9.71 Å². The Morgan fingerprint density at radius 3 is 2.52 bits per heavy atom. The van der Waals surface area contributed by atoms with Crippen LogP contribution in [0.15, 0.2) is 50.6 Å². The molecule has 166 valence electrons. The molecular formula is C19H20F2N4O4S2. The fourth-order valence-corrected chi connectivity index (χ4v) is 6.41. The van der Waals surface area contributed by atoms with Crippen molar-refractivity contribution in [1.29, 1.82) is 0 Å². The summed E-state index contributed by atoms with van der Waals surface area (Å²) in [6, 6.07) is 7.37. The van der Waals surface area contributed by atoms with Crippen LogP contribution in [0.4, 0.5) is 14.5 Å². The summed E-state index contributed by atoms with van der Waals surface area (Å²) in [4.78, 5) is 1.52. The summed E-state index contributed by atoms with van der Waals surface area (Å²) in [5, 5.41) is 2.73. The van der Waals surface area contributed by atoms with Crippen LogP contribution in [0.2, 0.25) is 0 Å². The van der Waals surface area contributed by atoms with Crippen LogP contribution in [0, 0.1) is 18.6 Å². The number of fused-ring (bicyclic) bond motifs is 1. The summed E-state index contributed by atoms with van der Waals surface area (Å²) >= 11 is 0. The van der Waals surface area contributed by atoms with Gasteiger partial charge in [0.15, 0.2) is 0 Å². The van der Waals surface area contributed by atoms with Gasteiger partial charge in [0.05, 0.1) is 17.1 Å². The number of anilines is 1. The fourth-order valence-electron chi connectivity index (χ4n) is 3.60. The van der Waals surface area contributed by atoms with E-state index in [1.807, 2.05) is 4.90 Å². The number of nitrogens with one attached hydrogen (secondary N) is 1. The molecule has 0 radical (unpaired) electrons. The van der Waals surface area contributed by atoms with Crippen LogP contribution < -0.4 is 5.32 Å². The average molecular weight is 471 g/mol. The van der Waals surface area contributed by atoms with Crippen LogP contribution in [0.5, 0.6) is 0 Å². The lowest BCUT2D eigenvalue weighted by atomic mass is 10.2. The Balaban J connectivity index is 1.46. The van der Waals surface area contributed by atoms with Crippen molar-refractivity contribution in [3.63, 3.8) is 0 Å². The molecule has 0 saturated carbocycles. The Kier molecular flexibility index (Phi) is 5.58. The van der Waals surface area contributed by atoms with Crippen LogP contribution >= 0.6 is 0 Å². The van der Waals surface area contributed by atoms with Crippen LogP contribution in [0.25, 0.3) is 0 Å². The molecule has 0 amide bonds. The number of benzene rings is 2. The van der Waals surface area contributed by atoms with E-state index in [0.717, 1.165) is 12.1 Å². The van der Waals surface area contributed by atoms with Crippen molar-refractivity contribution < 1.29 is 25.6 Å². The molecule has 12 heteroatoms. The zero-order valence-electron chi connectivity index (χ0n) is 16.5. The molecule has 1 saturated heterocycles.